The third-order valence-corrected chi connectivity index (χ3v) is 4.15. The van der Waals surface area contributed by atoms with Crippen molar-refractivity contribution in [2.45, 2.75) is 0 Å². The van der Waals surface area contributed by atoms with Gasteiger partial charge in [-0.15, -0.1) is 11.3 Å². The number of esters is 1. The lowest BCUT2D eigenvalue weighted by atomic mass is 10.2. The van der Waals surface area contributed by atoms with Gasteiger partial charge in [-0.05, 0) is 24.3 Å². The van der Waals surface area contributed by atoms with Crippen molar-refractivity contribution in [2.24, 2.45) is 0 Å². The number of ether oxygens (including phenoxy) is 1. The van der Waals surface area contributed by atoms with Gasteiger partial charge in [0.2, 0.25) is 0 Å². The van der Waals surface area contributed by atoms with Crippen LogP contribution in [-0.4, -0.2) is 28.5 Å². The van der Waals surface area contributed by atoms with Crippen molar-refractivity contribution in [1.82, 2.24) is 9.97 Å². The number of carbonyl (C=O) groups excluding carboxylic acids is 2. The highest BCUT2D eigenvalue weighted by Gasteiger charge is 2.12. The second kappa shape index (κ2) is 7.87. The highest BCUT2D eigenvalue weighted by Crippen LogP contribution is 2.25. The molecular formula is C17H12ClN3O3S. The lowest BCUT2D eigenvalue weighted by Gasteiger charge is -2.04. The molecule has 25 heavy (non-hydrogen) atoms. The SMILES string of the molecule is O=C(COC(=O)c1ccncc1)Nc1nc(-c2ccc(Cl)cc2)cs1. The van der Waals surface area contributed by atoms with E-state index in [1.54, 1.807) is 12.1 Å². The summed E-state index contributed by atoms with van der Waals surface area (Å²) in [6.07, 6.45) is 2.95. The second-order valence-corrected chi connectivity index (χ2v) is 6.20. The number of carbonyl (C=O) groups is 2. The van der Waals surface area contributed by atoms with Gasteiger partial charge in [-0.25, -0.2) is 9.78 Å². The fourth-order valence-corrected chi connectivity index (χ4v) is 2.80. The summed E-state index contributed by atoms with van der Waals surface area (Å²) < 4.78 is 4.95. The monoisotopic (exact) mass is 373 g/mol. The van der Waals surface area contributed by atoms with Gasteiger partial charge in [0.25, 0.3) is 5.91 Å². The third-order valence-electron chi connectivity index (χ3n) is 3.14. The molecule has 2 aromatic heterocycles. The first-order valence-corrected chi connectivity index (χ1v) is 8.46. The maximum atomic E-state index is 11.9. The summed E-state index contributed by atoms with van der Waals surface area (Å²) in [5.74, 6) is -1.04. The molecule has 0 saturated heterocycles. The van der Waals surface area contributed by atoms with Crippen LogP contribution < -0.4 is 5.32 Å². The number of benzene rings is 1. The average molecular weight is 374 g/mol. The molecule has 0 radical (unpaired) electrons. The van der Waals surface area contributed by atoms with E-state index in [1.807, 2.05) is 17.5 Å². The van der Waals surface area contributed by atoms with E-state index >= 15 is 0 Å². The van der Waals surface area contributed by atoms with E-state index in [2.05, 4.69) is 15.3 Å². The Morgan fingerprint density at radius 3 is 2.56 bits per heavy atom. The van der Waals surface area contributed by atoms with E-state index < -0.39 is 18.5 Å². The zero-order chi connectivity index (χ0) is 17.6. The molecule has 0 atom stereocenters. The first kappa shape index (κ1) is 17.1. The largest absolute Gasteiger partial charge is 0.452 e. The molecule has 0 aliphatic heterocycles. The zero-order valence-electron chi connectivity index (χ0n) is 12.8. The number of thiazole rings is 1. The predicted molar refractivity (Wildman–Crippen MR) is 95.7 cm³/mol. The predicted octanol–water partition coefficient (Wildman–Crippen LogP) is 3.65. The van der Waals surface area contributed by atoms with E-state index in [0.29, 0.717) is 15.7 Å². The van der Waals surface area contributed by atoms with E-state index in [0.717, 1.165) is 11.3 Å². The van der Waals surface area contributed by atoms with Crippen LogP contribution in [0.15, 0.2) is 54.2 Å². The molecule has 8 heteroatoms. The van der Waals surface area contributed by atoms with Gasteiger partial charge in [-0.1, -0.05) is 23.7 Å². The van der Waals surface area contributed by atoms with Crippen molar-refractivity contribution in [2.75, 3.05) is 11.9 Å². The maximum Gasteiger partial charge on any atom is 0.338 e. The summed E-state index contributed by atoms with van der Waals surface area (Å²) in [4.78, 5) is 31.8. The topological polar surface area (TPSA) is 81.2 Å². The molecule has 0 saturated carbocycles. The normalized spacial score (nSPS) is 10.3. The Kier molecular flexibility index (Phi) is 5.37. The first-order chi connectivity index (χ1) is 12.1. The van der Waals surface area contributed by atoms with Crippen molar-refractivity contribution >= 4 is 39.9 Å². The lowest BCUT2D eigenvalue weighted by Crippen LogP contribution is -2.20. The quantitative estimate of drug-likeness (QED) is 0.690. The molecule has 0 fully saturated rings. The van der Waals surface area contributed by atoms with Gasteiger partial charge in [0.1, 0.15) is 0 Å². The number of pyridine rings is 1. The second-order valence-electron chi connectivity index (χ2n) is 4.90. The summed E-state index contributed by atoms with van der Waals surface area (Å²) in [5.41, 5.74) is 1.96. The van der Waals surface area contributed by atoms with Gasteiger partial charge in [-0.3, -0.25) is 15.1 Å². The molecule has 1 N–H and O–H groups in total. The number of nitrogens with zero attached hydrogens (tertiary/aromatic N) is 2. The van der Waals surface area contributed by atoms with Crippen LogP contribution in [0.1, 0.15) is 10.4 Å². The van der Waals surface area contributed by atoms with Crippen LogP contribution in [0.4, 0.5) is 5.13 Å². The minimum atomic E-state index is -0.585. The van der Waals surface area contributed by atoms with E-state index in [1.165, 1.54) is 35.9 Å². The molecule has 1 aromatic carbocycles. The Hall–Kier alpha value is -2.77. The summed E-state index contributed by atoms with van der Waals surface area (Å²) in [5, 5.41) is 5.49. The molecule has 3 rings (SSSR count). The Bertz CT molecular complexity index is 882. The van der Waals surface area contributed by atoms with Gasteiger partial charge in [0.15, 0.2) is 11.7 Å². The van der Waals surface area contributed by atoms with Crippen molar-refractivity contribution < 1.29 is 14.3 Å². The molecular weight excluding hydrogens is 362 g/mol. The minimum absolute atomic E-state index is 0.335. The Morgan fingerprint density at radius 1 is 1.12 bits per heavy atom. The molecule has 1 amide bonds. The van der Waals surface area contributed by atoms with E-state index in [-0.39, 0.29) is 0 Å². The van der Waals surface area contributed by atoms with Crippen LogP contribution in [0.25, 0.3) is 11.3 Å². The molecule has 0 bridgehead atoms. The summed E-state index contributed by atoms with van der Waals surface area (Å²) in [6, 6.07) is 10.3. The molecule has 126 valence electrons. The van der Waals surface area contributed by atoms with Crippen molar-refractivity contribution in [3.05, 3.63) is 64.8 Å². The number of hydrogen-bond donors (Lipinski definition) is 1. The lowest BCUT2D eigenvalue weighted by molar-refractivity contribution is -0.119. The third kappa shape index (κ3) is 4.62. The smallest absolute Gasteiger partial charge is 0.338 e. The number of anilines is 1. The van der Waals surface area contributed by atoms with E-state index in [4.69, 9.17) is 16.3 Å². The summed E-state index contributed by atoms with van der Waals surface area (Å²) >= 11 is 7.14. The fourth-order valence-electron chi connectivity index (χ4n) is 1.94. The molecule has 6 nitrogen and oxygen atoms in total. The summed E-state index contributed by atoms with van der Waals surface area (Å²) in [6.45, 7) is -0.392. The Morgan fingerprint density at radius 2 is 1.84 bits per heavy atom. The summed E-state index contributed by atoms with van der Waals surface area (Å²) in [7, 11) is 0. The fraction of sp³-hybridized carbons (Fsp3) is 0.0588. The van der Waals surface area contributed by atoms with Crippen LogP contribution in [0.3, 0.4) is 0 Å². The maximum absolute atomic E-state index is 11.9. The zero-order valence-corrected chi connectivity index (χ0v) is 14.4. The molecule has 0 aliphatic carbocycles. The van der Waals surface area contributed by atoms with Crippen LogP contribution in [-0.2, 0) is 9.53 Å². The first-order valence-electron chi connectivity index (χ1n) is 7.20. The van der Waals surface area contributed by atoms with Gasteiger partial charge in [-0.2, -0.15) is 0 Å². The average Bonchev–Trinajstić information content (AvgIpc) is 3.09. The van der Waals surface area contributed by atoms with Crippen LogP contribution in [0.5, 0.6) is 0 Å². The number of halogens is 1. The van der Waals surface area contributed by atoms with Crippen molar-refractivity contribution in [1.29, 1.82) is 0 Å². The van der Waals surface area contributed by atoms with E-state index in [9.17, 15) is 9.59 Å². The molecule has 2 heterocycles. The van der Waals surface area contributed by atoms with Crippen molar-refractivity contribution in [3.63, 3.8) is 0 Å². The Balaban J connectivity index is 1.55. The number of aromatic nitrogens is 2. The number of nitrogens with one attached hydrogen (secondary N) is 1. The Labute approximate surface area is 152 Å². The number of amides is 1. The van der Waals surface area contributed by atoms with Gasteiger partial charge in [0.05, 0.1) is 11.3 Å². The number of rotatable bonds is 5. The van der Waals surface area contributed by atoms with Gasteiger partial charge < -0.3 is 4.74 Å². The van der Waals surface area contributed by atoms with Crippen LogP contribution in [0.2, 0.25) is 5.02 Å². The minimum Gasteiger partial charge on any atom is -0.452 e. The van der Waals surface area contributed by atoms with Crippen molar-refractivity contribution in [3.8, 4) is 11.3 Å². The van der Waals surface area contributed by atoms with Gasteiger partial charge >= 0.3 is 5.97 Å². The highest BCUT2D eigenvalue weighted by molar-refractivity contribution is 7.14. The number of hydrogen-bond acceptors (Lipinski definition) is 6. The standard InChI is InChI=1S/C17H12ClN3O3S/c18-13-3-1-11(2-4-13)14-10-25-17(20-14)21-15(22)9-24-16(23)12-5-7-19-8-6-12/h1-8,10H,9H2,(H,20,21,22). The molecule has 0 spiro atoms. The molecule has 3 aromatic rings. The van der Waals surface area contributed by atoms with Crippen LogP contribution in [0, 0.1) is 0 Å². The molecule has 0 aliphatic rings. The molecule has 0 unspecified atom stereocenters. The van der Waals surface area contributed by atoms with Gasteiger partial charge in [0, 0.05) is 28.4 Å². The van der Waals surface area contributed by atoms with Crippen LogP contribution >= 0.6 is 22.9 Å². The highest BCUT2D eigenvalue weighted by atomic mass is 35.5.